The number of rotatable bonds is 11. The van der Waals surface area contributed by atoms with Gasteiger partial charge in [0, 0.05) is 31.7 Å². The molecule has 0 amide bonds. The molecule has 0 bridgehead atoms. The lowest BCUT2D eigenvalue weighted by molar-refractivity contribution is -0.143. The molecule has 0 aromatic rings. The van der Waals surface area contributed by atoms with Gasteiger partial charge in [0.05, 0.1) is 19.4 Å². The largest absolute Gasteiger partial charge is 0.492 e. The minimum atomic E-state index is -0.312. The number of hydrogen-bond acceptors (Lipinski definition) is 6. The minimum absolute atomic E-state index is 0.0915. The zero-order valence-electron chi connectivity index (χ0n) is 15.7. The molecule has 1 rings (SSSR count). The number of ether oxygens (including phenoxy) is 2. The van der Waals surface area contributed by atoms with Crippen molar-refractivity contribution in [3.63, 3.8) is 0 Å². The van der Waals surface area contributed by atoms with Crippen molar-refractivity contribution in [2.75, 3.05) is 27.3 Å². The molecule has 1 aliphatic carbocycles. The van der Waals surface area contributed by atoms with Gasteiger partial charge in [0.25, 0.3) is 0 Å². The number of methoxy groups -OCH3 is 1. The van der Waals surface area contributed by atoms with E-state index in [1.54, 1.807) is 18.9 Å². The van der Waals surface area contributed by atoms with Crippen LogP contribution in [0.15, 0.2) is 23.1 Å². The van der Waals surface area contributed by atoms with Gasteiger partial charge >= 0.3 is 5.97 Å². The van der Waals surface area contributed by atoms with Crippen LogP contribution in [0.25, 0.3) is 0 Å². The van der Waals surface area contributed by atoms with Crippen LogP contribution >= 0.6 is 0 Å². The van der Waals surface area contributed by atoms with Crippen molar-refractivity contribution in [3.8, 4) is 0 Å². The molecule has 1 aliphatic rings. The highest BCUT2D eigenvalue weighted by Crippen LogP contribution is 2.21. The normalized spacial score (nSPS) is 14.5. The van der Waals surface area contributed by atoms with Crippen molar-refractivity contribution < 1.29 is 23.9 Å². The van der Waals surface area contributed by atoms with Gasteiger partial charge in [0.1, 0.15) is 0 Å². The van der Waals surface area contributed by atoms with Gasteiger partial charge in [0.2, 0.25) is 11.6 Å². The summed E-state index contributed by atoms with van der Waals surface area (Å²) in [5.74, 6) is -0.665. The summed E-state index contributed by atoms with van der Waals surface area (Å²) in [6, 6.07) is 0. The van der Waals surface area contributed by atoms with Crippen LogP contribution in [-0.2, 0) is 23.9 Å². The lowest BCUT2D eigenvalue weighted by atomic mass is 9.99. The number of carbonyl (C=O) groups excluding carboxylic acids is 3. The van der Waals surface area contributed by atoms with Crippen molar-refractivity contribution >= 4 is 17.5 Å². The number of esters is 1. The molecule has 0 saturated heterocycles. The summed E-state index contributed by atoms with van der Waals surface area (Å²) in [6.07, 6.45) is 6.43. The van der Waals surface area contributed by atoms with E-state index in [0.717, 1.165) is 25.7 Å². The molecule has 140 valence electrons. The van der Waals surface area contributed by atoms with E-state index >= 15 is 0 Å². The molecule has 0 heterocycles. The Bertz CT molecular complexity index is 562. The summed E-state index contributed by atoms with van der Waals surface area (Å²) in [5.41, 5.74) is 0.638. The average Bonchev–Trinajstić information content (AvgIpc) is 2.58. The Morgan fingerprint density at radius 2 is 1.88 bits per heavy atom. The first kappa shape index (κ1) is 20.9. The number of unbranched alkanes of at least 4 members (excludes halogenated alkanes) is 3. The van der Waals surface area contributed by atoms with Crippen molar-refractivity contribution in [1.82, 2.24) is 4.90 Å². The number of hydrogen-bond donors (Lipinski definition) is 0. The number of likely N-dealkylation sites (N-methyl/N-ethyl adjacent to an activating group) is 1. The molecule has 6 nitrogen and oxygen atoms in total. The number of carbonyl (C=O) groups is 3. The Labute approximate surface area is 149 Å². The molecule has 0 fully saturated rings. The van der Waals surface area contributed by atoms with E-state index in [-0.39, 0.29) is 23.3 Å². The van der Waals surface area contributed by atoms with Crippen LogP contribution in [0.4, 0.5) is 0 Å². The first-order chi connectivity index (χ1) is 11.9. The highest BCUT2D eigenvalue weighted by atomic mass is 16.5. The highest BCUT2D eigenvalue weighted by molar-refractivity contribution is 6.21. The van der Waals surface area contributed by atoms with E-state index in [9.17, 15) is 14.4 Å². The number of nitrogens with zero attached hydrogens (tertiary/aromatic N) is 1. The van der Waals surface area contributed by atoms with Crippen molar-refractivity contribution in [3.05, 3.63) is 23.1 Å². The van der Waals surface area contributed by atoms with Gasteiger partial charge in [-0.25, -0.2) is 0 Å². The predicted octanol–water partition coefficient (Wildman–Crippen LogP) is 2.78. The molecule has 0 unspecified atom stereocenters. The molecule has 0 aliphatic heterocycles. The van der Waals surface area contributed by atoms with Gasteiger partial charge < -0.3 is 14.4 Å². The first-order valence-electron chi connectivity index (χ1n) is 8.84. The fourth-order valence-corrected chi connectivity index (χ4v) is 2.64. The Morgan fingerprint density at radius 1 is 1.16 bits per heavy atom. The zero-order valence-corrected chi connectivity index (χ0v) is 15.7. The van der Waals surface area contributed by atoms with Crippen molar-refractivity contribution in [2.45, 2.75) is 52.4 Å². The molecule has 0 spiro atoms. The zero-order chi connectivity index (χ0) is 18.8. The second-order valence-electron chi connectivity index (χ2n) is 6.19. The predicted molar refractivity (Wildman–Crippen MR) is 94.8 cm³/mol. The van der Waals surface area contributed by atoms with Crippen LogP contribution in [0.2, 0.25) is 0 Å². The maximum absolute atomic E-state index is 12.3. The van der Waals surface area contributed by atoms with Gasteiger partial charge in [-0.15, -0.1) is 0 Å². The topological polar surface area (TPSA) is 72.9 Å². The lowest BCUT2D eigenvalue weighted by Crippen LogP contribution is -2.30. The maximum atomic E-state index is 12.3. The fraction of sp³-hybridized carbons (Fsp3) is 0.632. The molecule has 0 aromatic carbocycles. The lowest BCUT2D eigenvalue weighted by Gasteiger charge is -2.24. The van der Waals surface area contributed by atoms with Crippen LogP contribution in [0.3, 0.4) is 0 Å². The Balaban J connectivity index is 2.38. The molecular formula is C19H29NO5. The van der Waals surface area contributed by atoms with E-state index in [0.29, 0.717) is 37.3 Å². The summed E-state index contributed by atoms with van der Waals surface area (Å²) in [5, 5.41) is 0. The number of Topliss-reactive ketones (excluding diaryl/α,β-unsaturated/α-hetero) is 1. The van der Waals surface area contributed by atoms with E-state index in [2.05, 4.69) is 6.92 Å². The number of allylic oxidation sites excluding steroid dienone is 2. The third kappa shape index (κ3) is 6.36. The highest BCUT2D eigenvalue weighted by Gasteiger charge is 2.28. The van der Waals surface area contributed by atoms with Crippen molar-refractivity contribution in [1.29, 1.82) is 0 Å². The quantitative estimate of drug-likeness (QED) is 0.324. The Morgan fingerprint density at radius 3 is 2.52 bits per heavy atom. The Hall–Kier alpha value is -2.11. The van der Waals surface area contributed by atoms with Crippen LogP contribution in [-0.4, -0.2) is 49.7 Å². The molecule has 0 N–H and O–H groups in total. The monoisotopic (exact) mass is 351 g/mol. The molecule has 25 heavy (non-hydrogen) atoms. The number of ketones is 2. The minimum Gasteiger partial charge on any atom is -0.492 e. The van der Waals surface area contributed by atoms with Crippen LogP contribution in [0.1, 0.15) is 52.4 Å². The standard InChI is InChI=1S/C19H29NO5/c1-5-6-7-8-12-25-17(22)10-9-11-20(3)15-13-16(21)19(24-4)14(2)18(15)23/h13H,5-12H2,1-4H3. The molecule has 0 radical (unpaired) electrons. The van der Waals surface area contributed by atoms with Crippen LogP contribution in [0.5, 0.6) is 0 Å². The van der Waals surface area contributed by atoms with E-state index in [1.807, 2.05) is 0 Å². The van der Waals surface area contributed by atoms with Gasteiger partial charge in [0.15, 0.2) is 5.76 Å². The smallest absolute Gasteiger partial charge is 0.305 e. The van der Waals surface area contributed by atoms with E-state index in [4.69, 9.17) is 9.47 Å². The van der Waals surface area contributed by atoms with Crippen LogP contribution < -0.4 is 0 Å². The summed E-state index contributed by atoms with van der Waals surface area (Å²) in [6.45, 7) is 4.67. The summed E-state index contributed by atoms with van der Waals surface area (Å²) in [4.78, 5) is 37.7. The van der Waals surface area contributed by atoms with E-state index in [1.165, 1.54) is 13.2 Å². The summed E-state index contributed by atoms with van der Waals surface area (Å²) in [7, 11) is 3.11. The molecule has 0 aromatic heterocycles. The fourth-order valence-electron chi connectivity index (χ4n) is 2.64. The molecule has 0 atom stereocenters. The van der Waals surface area contributed by atoms with Crippen LogP contribution in [0, 0.1) is 0 Å². The summed E-state index contributed by atoms with van der Waals surface area (Å²) < 4.78 is 10.2. The van der Waals surface area contributed by atoms with Gasteiger partial charge in [-0.05, 0) is 19.8 Å². The second-order valence-corrected chi connectivity index (χ2v) is 6.19. The molecule has 6 heteroatoms. The Kier molecular flexibility index (Phi) is 8.95. The second kappa shape index (κ2) is 10.7. The van der Waals surface area contributed by atoms with Gasteiger partial charge in [-0.2, -0.15) is 0 Å². The third-order valence-corrected chi connectivity index (χ3v) is 4.16. The maximum Gasteiger partial charge on any atom is 0.305 e. The molecular weight excluding hydrogens is 322 g/mol. The third-order valence-electron chi connectivity index (χ3n) is 4.16. The van der Waals surface area contributed by atoms with E-state index < -0.39 is 0 Å². The first-order valence-corrected chi connectivity index (χ1v) is 8.84. The van der Waals surface area contributed by atoms with Gasteiger partial charge in [-0.1, -0.05) is 26.2 Å². The SMILES string of the molecule is CCCCCCOC(=O)CCCN(C)C1=CC(=O)C(OC)=C(C)C1=O. The average molecular weight is 351 g/mol. The van der Waals surface area contributed by atoms with Gasteiger partial charge in [-0.3, -0.25) is 14.4 Å². The van der Waals surface area contributed by atoms with Crippen molar-refractivity contribution in [2.24, 2.45) is 0 Å². The molecule has 0 saturated carbocycles. The summed E-state index contributed by atoms with van der Waals surface area (Å²) >= 11 is 0.